The number of nitrogens with one attached hydrogen (secondary N) is 3. The molecule has 174 valence electrons. The third kappa shape index (κ3) is 36.0. The van der Waals surface area contributed by atoms with E-state index in [9.17, 15) is 19.2 Å². The lowest BCUT2D eigenvalue weighted by atomic mass is 10.1. The van der Waals surface area contributed by atoms with Crippen molar-refractivity contribution in [3.8, 4) is 0 Å². The van der Waals surface area contributed by atoms with Crippen LogP contribution in [-0.4, -0.2) is 44.1 Å². The highest BCUT2D eigenvalue weighted by atomic mass is 16.2. The van der Waals surface area contributed by atoms with Gasteiger partial charge in [-0.2, -0.15) is 0 Å². The van der Waals surface area contributed by atoms with Crippen LogP contribution in [0.1, 0.15) is 54.9 Å². The highest BCUT2D eigenvalue weighted by Crippen LogP contribution is 1.97. The lowest BCUT2D eigenvalue weighted by Gasteiger charge is -1.97. The summed E-state index contributed by atoms with van der Waals surface area (Å²) in [6.07, 6.45) is 2.41. The Bertz CT molecular complexity index is 579. The SMILES string of the molecule is C.C=C(C)C(=O)NC.C=C(C)C(=O)NCC.C=C(C)CC(=O)CC.C=CC(=O)NC. The number of ketones is 1. The molecule has 0 spiro atoms. The molecule has 0 bridgehead atoms. The number of hydrogen-bond acceptors (Lipinski definition) is 4. The first-order chi connectivity index (χ1) is 13.3. The van der Waals surface area contributed by atoms with E-state index >= 15 is 0 Å². The smallest absolute Gasteiger partial charge is 0.246 e. The lowest BCUT2D eigenvalue weighted by molar-refractivity contribution is -0.118. The Morgan fingerprint density at radius 3 is 1.33 bits per heavy atom. The second-order valence-corrected chi connectivity index (χ2v) is 5.84. The average molecular weight is 426 g/mol. The molecule has 0 atom stereocenters. The molecule has 3 amide bonds. The normalized spacial score (nSPS) is 7.70. The van der Waals surface area contributed by atoms with Crippen LogP contribution >= 0.6 is 0 Å². The van der Waals surface area contributed by atoms with Crippen LogP contribution in [0.5, 0.6) is 0 Å². The van der Waals surface area contributed by atoms with Gasteiger partial charge in [0.25, 0.3) is 0 Å². The third-order valence-electron chi connectivity index (χ3n) is 2.66. The van der Waals surface area contributed by atoms with E-state index in [-0.39, 0.29) is 30.9 Å². The highest BCUT2D eigenvalue weighted by Gasteiger charge is 1.96. The van der Waals surface area contributed by atoms with E-state index in [0.717, 1.165) is 5.57 Å². The summed E-state index contributed by atoms with van der Waals surface area (Å²) in [7, 11) is 3.14. The largest absolute Gasteiger partial charge is 0.356 e. The number of Topliss-reactive ketones (excluding diaryl/α,β-unsaturated/α-hetero) is 1. The number of carbonyl (C=O) groups is 4. The first-order valence-corrected chi connectivity index (χ1v) is 9.15. The number of rotatable bonds is 7. The minimum absolute atomic E-state index is 0. The van der Waals surface area contributed by atoms with Crippen LogP contribution in [0.25, 0.3) is 0 Å². The van der Waals surface area contributed by atoms with Crippen molar-refractivity contribution in [3.63, 3.8) is 0 Å². The lowest BCUT2D eigenvalue weighted by Crippen LogP contribution is -2.22. The quantitative estimate of drug-likeness (QED) is 0.429. The second-order valence-electron chi connectivity index (χ2n) is 5.84. The fraction of sp³-hybridized carbons (Fsp3) is 0.478. The number of allylic oxidation sites excluding steroid dienone is 1. The third-order valence-corrected chi connectivity index (χ3v) is 2.66. The first kappa shape index (κ1) is 37.7. The zero-order chi connectivity index (χ0) is 24.0. The molecule has 0 unspecified atom stereocenters. The van der Waals surface area contributed by atoms with Gasteiger partial charge in [0.2, 0.25) is 17.7 Å². The van der Waals surface area contributed by atoms with Gasteiger partial charge in [0.15, 0.2) is 0 Å². The molecule has 0 rings (SSSR count). The Morgan fingerprint density at radius 1 is 0.833 bits per heavy atom. The maximum atomic E-state index is 10.6. The summed E-state index contributed by atoms with van der Waals surface area (Å²) < 4.78 is 0. The first-order valence-electron chi connectivity index (χ1n) is 9.15. The topological polar surface area (TPSA) is 104 Å². The van der Waals surface area contributed by atoms with E-state index in [2.05, 4.69) is 42.3 Å². The molecule has 0 aliphatic rings. The summed E-state index contributed by atoms with van der Waals surface area (Å²) in [5.41, 5.74) is 2.06. The highest BCUT2D eigenvalue weighted by molar-refractivity contribution is 5.92. The van der Waals surface area contributed by atoms with Crippen molar-refractivity contribution < 1.29 is 19.2 Å². The number of likely N-dealkylation sites (N-methyl/N-ethyl adjacent to an activating group) is 3. The van der Waals surface area contributed by atoms with Crippen LogP contribution in [-0.2, 0) is 19.2 Å². The van der Waals surface area contributed by atoms with E-state index in [4.69, 9.17) is 0 Å². The van der Waals surface area contributed by atoms with Crippen LogP contribution in [0.4, 0.5) is 0 Å². The standard InChI is InChI=1S/C7H12O.C6H11NO.C5H9NO.C4H7NO.CH4/c1-4-7(8)5-6(2)3;1-4-7-6(8)5(2)3;1-4(2)5(7)6-3;1-3-4(6)5-2;/h2,4-5H2,1,3H3;2,4H2,1,3H3,(H,7,8);1H2,2-3H3,(H,6,7);3H,1H2,2H3,(H,5,6);1H4. The average Bonchev–Trinajstić information content (AvgIpc) is 2.67. The molecule has 30 heavy (non-hydrogen) atoms. The van der Waals surface area contributed by atoms with Crippen molar-refractivity contribution in [1.82, 2.24) is 16.0 Å². The molecule has 3 N–H and O–H groups in total. The van der Waals surface area contributed by atoms with Gasteiger partial charge in [0.05, 0.1) is 0 Å². The summed E-state index contributed by atoms with van der Waals surface area (Å²) in [5.74, 6) is -0.0278. The summed E-state index contributed by atoms with van der Waals surface area (Å²) >= 11 is 0. The molecule has 0 fully saturated rings. The van der Waals surface area contributed by atoms with Crippen molar-refractivity contribution >= 4 is 23.5 Å². The number of hydrogen-bond donors (Lipinski definition) is 3. The maximum Gasteiger partial charge on any atom is 0.246 e. The predicted molar refractivity (Wildman–Crippen MR) is 128 cm³/mol. The zero-order valence-electron chi connectivity index (χ0n) is 19.2. The van der Waals surface area contributed by atoms with Crippen molar-refractivity contribution in [2.45, 2.75) is 54.9 Å². The van der Waals surface area contributed by atoms with Gasteiger partial charge < -0.3 is 16.0 Å². The molecule has 0 aliphatic carbocycles. The van der Waals surface area contributed by atoms with Crippen LogP contribution in [0.15, 0.2) is 49.1 Å². The van der Waals surface area contributed by atoms with Gasteiger partial charge in [-0.25, -0.2) is 0 Å². The van der Waals surface area contributed by atoms with Crippen LogP contribution < -0.4 is 16.0 Å². The van der Waals surface area contributed by atoms with Gasteiger partial charge in [-0.3, -0.25) is 19.2 Å². The molecule has 0 radical (unpaired) electrons. The second kappa shape index (κ2) is 26.0. The summed E-state index contributed by atoms with van der Waals surface area (Å²) in [6.45, 7) is 23.4. The Morgan fingerprint density at radius 2 is 1.27 bits per heavy atom. The molecule has 0 heterocycles. The van der Waals surface area contributed by atoms with Gasteiger partial charge in [-0.15, -0.1) is 0 Å². The fourth-order valence-electron chi connectivity index (χ4n) is 1.09. The Hall–Kier alpha value is -2.96. The van der Waals surface area contributed by atoms with Crippen LogP contribution in [0, 0.1) is 0 Å². The number of amides is 3. The molecule has 7 heteroatoms. The summed E-state index contributed by atoms with van der Waals surface area (Å²) in [4.78, 5) is 41.3. The Labute approximate surface area is 183 Å². The molecule has 7 nitrogen and oxygen atoms in total. The van der Waals surface area contributed by atoms with E-state index < -0.39 is 0 Å². The fourth-order valence-corrected chi connectivity index (χ4v) is 1.09. The molecular formula is C23H43N3O4. The molecule has 0 aromatic rings. The van der Waals surface area contributed by atoms with Crippen molar-refractivity contribution in [2.24, 2.45) is 0 Å². The van der Waals surface area contributed by atoms with Crippen molar-refractivity contribution in [1.29, 1.82) is 0 Å². The maximum absolute atomic E-state index is 10.6. The van der Waals surface area contributed by atoms with Gasteiger partial charge >= 0.3 is 0 Å². The van der Waals surface area contributed by atoms with Crippen LogP contribution in [0.2, 0.25) is 0 Å². The van der Waals surface area contributed by atoms with E-state index in [1.165, 1.54) is 6.08 Å². The van der Waals surface area contributed by atoms with E-state index in [1.807, 2.05) is 20.8 Å². The van der Waals surface area contributed by atoms with E-state index in [0.29, 0.717) is 30.5 Å². The van der Waals surface area contributed by atoms with Crippen molar-refractivity contribution in [3.05, 3.63) is 49.1 Å². The monoisotopic (exact) mass is 425 g/mol. The molecule has 0 saturated carbocycles. The van der Waals surface area contributed by atoms with Gasteiger partial charge in [0.1, 0.15) is 5.78 Å². The van der Waals surface area contributed by atoms with Gasteiger partial charge in [0, 0.05) is 44.6 Å². The van der Waals surface area contributed by atoms with Crippen molar-refractivity contribution in [2.75, 3.05) is 20.6 Å². The molecule has 0 aromatic carbocycles. The van der Waals surface area contributed by atoms with Crippen LogP contribution in [0.3, 0.4) is 0 Å². The van der Waals surface area contributed by atoms with Gasteiger partial charge in [-0.1, -0.05) is 46.2 Å². The predicted octanol–water partition coefficient (Wildman–Crippen LogP) is 3.49. The Kier molecular flexibility index (Phi) is 32.8. The molecular weight excluding hydrogens is 382 g/mol. The number of carbonyl (C=O) groups excluding carboxylic acids is 4. The van der Waals surface area contributed by atoms with E-state index in [1.54, 1.807) is 27.9 Å². The zero-order valence-corrected chi connectivity index (χ0v) is 19.2. The molecule has 0 aliphatic heterocycles. The Balaban J connectivity index is -0.0000000921. The summed E-state index contributed by atoms with van der Waals surface area (Å²) in [6, 6.07) is 0. The molecule has 0 saturated heterocycles. The minimum Gasteiger partial charge on any atom is -0.356 e. The van der Waals surface area contributed by atoms with Gasteiger partial charge in [-0.05, 0) is 33.8 Å². The minimum atomic E-state index is -0.144. The summed E-state index contributed by atoms with van der Waals surface area (Å²) in [5, 5.41) is 7.39. The molecule has 0 aromatic heterocycles.